The van der Waals surface area contributed by atoms with Gasteiger partial charge >= 0.3 is 0 Å². The van der Waals surface area contributed by atoms with Gasteiger partial charge < -0.3 is 18.9 Å². The summed E-state index contributed by atoms with van der Waals surface area (Å²) in [5, 5.41) is 0. The summed E-state index contributed by atoms with van der Waals surface area (Å²) < 4.78 is 13.0. The Morgan fingerprint density at radius 2 is 1.92 bits per heavy atom. The van der Waals surface area contributed by atoms with Crippen molar-refractivity contribution in [2.24, 2.45) is 0 Å². The third-order valence-corrected chi connectivity index (χ3v) is 4.66. The molecule has 0 atom stereocenters. The summed E-state index contributed by atoms with van der Waals surface area (Å²) in [6, 6.07) is 8.03. The zero-order valence-corrected chi connectivity index (χ0v) is 13.9. The van der Waals surface area contributed by atoms with E-state index in [0.29, 0.717) is 0 Å². The molecule has 5 nitrogen and oxygen atoms in total. The van der Waals surface area contributed by atoms with Gasteiger partial charge in [0.2, 0.25) is 12.7 Å². The normalized spacial score (nSPS) is 15.8. The number of aryl methyl sites for hydroxylation is 1. The van der Waals surface area contributed by atoms with Crippen molar-refractivity contribution in [2.75, 3.05) is 19.9 Å². The molecule has 3 heterocycles. The molecular formula is C19H20N2O3. The van der Waals surface area contributed by atoms with Crippen molar-refractivity contribution in [3.63, 3.8) is 0 Å². The van der Waals surface area contributed by atoms with Gasteiger partial charge in [-0.25, -0.2) is 0 Å². The number of carbonyl (C=O) groups excluding carboxylic acids is 1. The van der Waals surface area contributed by atoms with Gasteiger partial charge in [0.15, 0.2) is 11.5 Å². The zero-order chi connectivity index (χ0) is 16.7. The van der Waals surface area contributed by atoms with E-state index in [1.165, 1.54) is 0 Å². The third kappa shape index (κ3) is 2.46. The Bertz CT molecular complexity index is 831. The Balaban J connectivity index is 1.64. The molecule has 1 aromatic carbocycles. The highest BCUT2D eigenvalue weighted by molar-refractivity contribution is 5.92. The molecule has 2 aromatic rings. The largest absolute Gasteiger partial charge is 0.454 e. The SMILES string of the molecule is Cc1cc(/C=C/C(=O)N2CCC2)c(C)n1-c1ccc2c(c1)OCO2. The number of aromatic nitrogens is 1. The second-order valence-electron chi connectivity index (χ2n) is 6.21. The fourth-order valence-electron chi connectivity index (χ4n) is 3.18. The lowest BCUT2D eigenvalue weighted by Gasteiger charge is -2.29. The van der Waals surface area contributed by atoms with Crippen molar-refractivity contribution in [2.45, 2.75) is 20.3 Å². The highest BCUT2D eigenvalue weighted by Gasteiger charge is 2.18. The maximum absolute atomic E-state index is 12.0. The van der Waals surface area contributed by atoms with Crippen LogP contribution in [-0.4, -0.2) is 35.3 Å². The van der Waals surface area contributed by atoms with E-state index < -0.39 is 0 Å². The molecule has 1 fully saturated rings. The van der Waals surface area contributed by atoms with Crippen molar-refractivity contribution >= 4 is 12.0 Å². The topological polar surface area (TPSA) is 43.7 Å². The molecule has 0 radical (unpaired) electrons. The fraction of sp³-hybridized carbons (Fsp3) is 0.316. The molecule has 1 saturated heterocycles. The Hall–Kier alpha value is -2.69. The third-order valence-electron chi connectivity index (χ3n) is 4.66. The number of likely N-dealkylation sites (tertiary alicyclic amines) is 1. The quantitative estimate of drug-likeness (QED) is 0.815. The van der Waals surface area contributed by atoms with Crippen LogP contribution in [0, 0.1) is 13.8 Å². The molecule has 0 spiro atoms. The molecule has 0 bridgehead atoms. The predicted octanol–water partition coefficient (Wildman–Crippen LogP) is 3.07. The smallest absolute Gasteiger partial charge is 0.246 e. The second kappa shape index (κ2) is 5.74. The van der Waals surface area contributed by atoms with E-state index in [-0.39, 0.29) is 12.7 Å². The first-order valence-electron chi connectivity index (χ1n) is 8.19. The van der Waals surface area contributed by atoms with Gasteiger partial charge in [-0.1, -0.05) is 0 Å². The minimum absolute atomic E-state index is 0.0918. The van der Waals surface area contributed by atoms with E-state index in [1.807, 2.05) is 29.2 Å². The molecule has 0 saturated carbocycles. The highest BCUT2D eigenvalue weighted by Crippen LogP contribution is 2.35. The lowest BCUT2D eigenvalue weighted by atomic mass is 10.2. The first-order chi connectivity index (χ1) is 11.6. The maximum atomic E-state index is 12.0. The number of rotatable bonds is 3. The lowest BCUT2D eigenvalue weighted by Crippen LogP contribution is -2.40. The van der Waals surface area contributed by atoms with Gasteiger partial charge in [0.1, 0.15) is 0 Å². The number of nitrogens with zero attached hydrogens (tertiary/aromatic N) is 2. The van der Waals surface area contributed by atoms with Crippen molar-refractivity contribution in [3.05, 3.63) is 47.3 Å². The monoisotopic (exact) mass is 324 g/mol. The Morgan fingerprint density at radius 3 is 2.67 bits per heavy atom. The van der Waals surface area contributed by atoms with Crippen LogP contribution >= 0.6 is 0 Å². The summed E-state index contributed by atoms with van der Waals surface area (Å²) in [4.78, 5) is 13.9. The van der Waals surface area contributed by atoms with Crippen LogP contribution in [0.3, 0.4) is 0 Å². The minimum Gasteiger partial charge on any atom is -0.454 e. The average Bonchev–Trinajstić information content (AvgIpc) is 3.07. The van der Waals surface area contributed by atoms with Gasteiger partial charge in [0, 0.05) is 42.3 Å². The standard InChI is InChI=1S/C19H20N2O3/c1-13-10-15(4-7-19(22)20-8-3-9-20)14(2)21(13)16-5-6-17-18(11-16)24-12-23-17/h4-7,10-11H,3,8-9,12H2,1-2H3/b7-4+. The summed E-state index contributed by atoms with van der Waals surface area (Å²) in [5.41, 5.74) is 4.29. The first kappa shape index (κ1) is 14.9. The Kier molecular flexibility index (Phi) is 3.56. The van der Waals surface area contributed by atoms with Crippen LogP contribution in [-0.2, 0) is 4.79 Å². The Morgan fingerprint density at radius 1 is 1.12 bits per heavy atom. The van der Waals surface area contributed by atoms with Crippen molar-refractivity contribution in [1.82, 2.24) is 9.47 Å². The zero-order valence-electron chi connectivity index (χ0n) is 13.9. The molecular weight excluding hydrogens is 304 g/mol. The van der Waals surface area contributed by atoms with Crippen LogP contribution in [0.15, 0.2) is 30.3 Å². The summed E-state index contributed by atoms with van der Waals surface area (Å²) in [6.07, 6.45) is 4.69. The van der Waals surface area contributed by atoms with E-state index in [9.17, 15) is 4.79 Å². The van der Waals surface area contributed by atoms with Gasteiger partial charge in [-0.05, 0) is 50.1 Å². The second-order valence-corrected chi connectivity index (χ2v) is 6.21. The minimum atomic E-state index is 0.0918. The molecule has 5 heteroatoms. The van der Waals surface area contributed by atoms with Crippen molar-refractivity contribution in [1.29, 1.82) is 0 Å². The predicted molar refractivity (Wildman–Crippen MR) is 91.6 cm³/mol. The van der Waals surface area contributed by atoms with Crippen LogP contribution in [0.4, 0.5) is 0 Å². The summed E-state index contributed by atoms with van der Waals surface area (Å²) >= 11 is 0. The van der Waals surface area contributed by atoms with Crippen LogP contribution in [0.25, 0.3) is 11.8 Å². The average molecular weight is 324 g/mol. The molecule has 0 N–H and O–H groups in total. The van der Waals surface area contributed by atoms with E-state index in [1.54, 1.807) is 6.08 Å². The van der Waals surface area contributed by atoms with E-state index >= 15 is 0 Å². The molecule has 124 valence electrons. The molecule has 1 amide bonds. The van der Waals surface area contributed by atoms with Crippen LogP contribution in [0.2, 0.25) is 0 Å². The van der Waals surface area contributed by atoms with Crippen LogP contribution < -0.4 is 9.47 Å². The van der Waals surface area contributed by atoms with Gasteiger partial charge in [-0.3, -0.25) is 4.79 Å². The van der Waals surface area contributed by atoms with Gasteiger partial charge in [0.25, 0.3) is 0 Å². The summed E-state index contributed by atoms with van der Waals surface area (Å²) in [7, 11) is 0. The number of hydrogen-bond donors (Lipinski definition) is 0. The van der Waals surface area contributed by atoms with E-state index in [2.05, 4.69) is 24.5 Å². The Labute approximate surface area is 141 Å². The van der Waals surface area contributed by atoms with Gasteiger partial charge in [0.05, 0.1) is 0 Å². The van der Waals surface area contributed by atoms with Crippen molar-refractivity contribution in [3.8, 4) is 17.2 Å². The first-order valence-corrected chi connectivity index (χ1v) is 8.19. The van der Waals surface area contributed by atoms with E-state index in [0.717, 1.165) is 53.6 Å². The number of carbonyl (C=O) groups is 1. The molecule has 4 rings (SSSR count). The molecule has 2 aliphatic heterocycles. The number of ether oxygens (including phenoxy) is 2. The van der Waals surface area contributed by atoms with Gasteiger partial charge in [-0.2, -0.15) is 0 Å². The lowest BCUT2D eigenvalue weighted by molar-refractivity contribution is -0.129. The molecule has 2 aliphatic rings. The summed E-state index contributed by atoms with van der Waals surface area (Å²) in [6.45, 7) is 6.14. The molecule has 24 heavy (non-hydrogen) atoms. The number of amides is 1. The van der Waals surface area contributed by atoms with E-state index in [4.69, 9.17) is 9.47 Å². The highest BCUT2D eigenvalue weighted by atomic mass is 16.7. The maximum Gasteiger partial charge on any atom is 0.246 e. The van der Waals surface area contributed by atoms with Crippen LogP contribution in [0.5, 0.6) is 11.5 Å². The number of benzene rings is 1. The summed E-state index contributed by atoms with van der Waals surface area (Å²) in [5.74, 6) is 1.64. The molecule has 1 aromatic heterocycles. The number of hydrogen-bond acceptors (Lipinski definition) is 3. The molecule has 0 aliphatic carbocycles. The fourth-order valence-corrected chi connectivity index (χ4v) is 3.18. The van der Waals surface area contributed by atoms with Crippen LogP contribution in [0.1, 0.15) is 23.4 Å². The van der Waals surface area contributed by atoms with Crippen molar-refractivity contribution < 1.29 is 14.3 Å². The molecule has 0 unspecified atom stereocenters. The number of fused-ring (bicyclic) bond motifs is 1. The van der Waals surface area contributed by atoms with Gasteiger partial charge in [-0.15, -0.1) is 0 Å².